The van der Waals surface area contributed by atoms with Gasteiger partial charge in [0, 0.05) is 53.4 Å². The first-order chi connectivity index (χ1) is 25.6. The van der Waals surface area contributed by atoms with E-state index in [4.69, 9.17) is 38.2 Å². The summed E-state index contributed by atoms with van der Waals surface area (Å²) in [5.74, 6) is -0.601. The van der Waals surface area contributed by atoms with Crippen LogP contribution in [-0.4, -0.2) is 56.7 Å². The minimum absolute atomic E-state index is 0.169. The first-order valence-electron chi connectivity index (χ1n) is 17.5. The Morgan fingerprint density at radius 1 is 0.500 bits per heavy atom. The molecule has 3 rings (SSSR count). The van der Waals surface area contributed by atoms with Crippen LogP contribution in [0.4, 0.5) is 0 Å². The molecular formula is C39H57N3O12. The lowest BCUT2D eigenvalue weighted by Crippen LogP contribution is -2.25. The zero-order valence-corrected chi connectivity index (χ0v) is 33.8. The lowest BCUT2D eigenvalue weighted by Gasteiger charge is -2.25. The molecule has 0 aliphatic carbocycles. The second-order valence-corrected chi connectivity index (χ2v) is 11.4. The molecular weight excluding hydrogens is 702 g/mol. The summed E-state index contributed by atoms with van der Waals surface area (Å²) in [6.45, 7) is 22.8. The first kappa shape index (κ1) is 52.7. The van der Waals surface area contributed by atoms with E-state index in [0.717, 1.165) is 78.0 Å². The Bertz CT molecular complexity index is 1550. The number of methoxy groups -OCH3 is 1. The van der Waals surface area contributed by atoms with E-state index >= 15 is 0 Å². The predicted molar refractivity (Wildman–Crippen MR) is 195 cm³/mol. The summed E-state index contributed by atoms with van der Waals surface area (Å²) in [7, 11) is 1.41. The van der Waals surface area contributed by atoms with E-state index in [1.807, 2.05) is 48.5 Å². The van der Waals surface area contributed by atoms with Crippen LogP contribution in [0.5, 0.6) is 0 Å². The molecule has 0 amide bonds. The maximum absolute atomic E-state index is 11.9. The van der Waals surface area contributed by atoms with Gasteiger partial charge in [0.2, 0.25) is 0 Å². The molecule has 15 nitrogen and oxygen atoms in total. The third kappa shape index (κ3) is 19.3. The fraction of sp³-hybridized carbons (Fsp3) is 0.538. The minimum atomic E-state index is -0.239. The van der Waals surface area contributed by atoms with Crippen LogP contribution in [-0.2, 0) is 57.4 Å². The fourth-order valence-electron chi connectivity index (χ4n) is 5.26. The van der Waals surface area contributed by atoms with Crippen molar-refractivity contribution in [3.05, 3.63) is 67.6 Å². The molecule has 0 radical (unpaired) electrons. The van der Waals surface area contributed by atoms with Crippen molar-refractivity contribution in [2.45, 2.75) is 121 Å². The SMILES string of the molecule is CCOC(=O)C1=C(C)NC(C)=C(CC)C1.CCOC(=O)C1=C(CC)NC(CC)=C(CC)C1.COC(=O)C1=C(C)NC(C)=C(C)C1.O=C=O.O=C=O.O=C=O. The van der Waals surface area contributed by atoms with Crippen LogP contribution in [0.1, 0.15) is 121 Å². The Hall–Kier alpha value is -5.61. The van der Waals surface area contributed by atoms with Gasteiger partial charge in [-0.2, -0.15) is 28.8 Å². The Morgan fingerprint density at radius 3 is 1.28 bits per heavy atom. The zero-order chi connectivity index (χ0) is 42.4. The van der Waals surface area contributed by atoms with E-state index in [-0.39, 0.29) is 36.4 Å². The molecule has 3 N–H and O–H groups in total. The third-order valence-electron chi connectivity index (χ3n) is 8.18. The van der Waals surface area contributed by atoms with Crippen LogP contribution in [0.2, 0.25) is 0 Å². The molecule has 3 aliphatic rings. The van der Waals surface area contributed by atoms with Crippen LogP contribution < -0.4 is 16.0 Å². The van der Waals surface area contributed by atoms with E-state index in [1.54, 1.807) is 0 Å². The first-order valence-corrected chi connectivity index (χ1v) is 17.5. The Morgan fingerprint density at radius 2 is 0.889 bits per heavy atom. The van der Waals surface area contributed by atoms with Gasteiger partial charge in [0.1, 0.15) is 0 Å². The van der Waals surface area contributed by atoms with Gasteiger partial charge in [-0.15, -0.1) is 0 Å². The average Bonchev–Trinajstić information content (AvgIpc) is 3.14. The molecule has 54 heavy (non-hydrogen) atoms. The molecule has 0 fully saturated rings. The quantitative estimate of drug-likeness (QED) is 0.188. The molecule has 0 bridgehead atoms. The topological polar surface area (TPSA) is 217 Å². The molecule has 0 saturated carbocycles. The van der Waals surface area contributed by atoms with Gasteiger partial charge in [-0.3, -0.25) is 0 Å². The zero-order valence-electron chi connectivity index (χ0n) is 33.8. The van der Waals surface area contributed by atoms with Crippen molar-refractivity contribution in [1.82, 2.24) is 16.0 Å². The summed E-state index contributed by atoms with van der Waals surface area (Å²) < 4.78 is 14.8. The number of esters is 3. The van der Waals surface area contributed by atoms with Crippen molar-refractivity contribution in [1.29, 1.82) is 0 Å². The van der Waals surface area contributed by atoms with Crippen molar-refractivity contribution in [2.24, 2.45) is 0 Å². The fourth-order valence-corrected chi connectivity index (χ4v) is 5.26. The number of nitrogens with one attached hydrogen (secondary N) is 3. The van der Waals surface area contributed by atoms with Crippen LogP contribution in [0.3, 0.4) is 0 Å². The third-order valence-corrected chi connectivity index (χ3v) is 8.18. The van der Waals surface area contributed by atoms with Gasteiger partial charge >= 0.3 is 36.4 Å². The van der Waals surface area contributed by atoms with Gasteiger partial charge in [0.05, 0.1) is 37.0 Å². The van der Waals surface area contributed by atoms with Crippen LogP contribution in [0, 0.1) is 0 Å². The monoisotopic (exact) mass is 759 g/mol. The number of dihydropyridines is 3. The molecule has 0 unspecified atom stereocenters. The van der Waals surface area contributed by atoms with Gasteiger partial charge in [-0.05, 0) is 90.9 Å². The highest BCUT2D eigenvalue weighted by Gasteiger charge is 2.24. The summed E-state index contributed by atoms with van der Waals surface area (Å²) >= 11 is 0. The van der Waals surface area contributed by atoms with E-state index < -0.39 is 0 Å². The molecule has 0 atom stereocenters. The molecule has 0 aromatic heterocycles. The highest BCUT2D eigenvalue weighted by Crippen LogP contribution is 2.29. The minimum Gasteiger partial charge on any atom is -0.466 e. The smallest absolute Gasteiger partial charge is 0.373 e. The van der Waals surface area contributed by atoms with Crippen molar-refractivity contribution in [3.8, 4) is 0 Å². The predicted octanol–water partition coefficient (Wildman–Crippen LogP) is 5.75. The number of rotatable bonds is 9. The van der Waals surface area contributed by atoms with E-state index in [1.165, 1.54) is 35.2 Å². The lowest BCUT2D eigenvalue weighted by atomic mass is 9.94. The van der Waals surface area contributed by atoms with Crippen LogP contribution >= 0.6 is 0 Å². The average molecular weight is 760 g/mol. The summed E-state index contributed by atoms with van der Waals surface area (Å²) in [5.41, 5.74) is 12.5. The maximum Gasteiger partial charge on any atom is 0.373 e. The summed E-state index contributed by atoms with van der Waals surface area (Å²) in [6.07, 6.45) is 6.69. The standard InChI is InChI=1S/C14H23NO2.C12H19NO2.C10H15NO2.3CO2/c1-5-10-9-11(14(16)17-8-4)13(7-3)15-12(10)6-2;1-5-10-7-11(12(14)15-6-2)9(4)13-8(10)3;1-6-5-9(10(12)13-4)8(3)11-7(6)2;3*2-1-3/h15H,5-9H2,1-4H3;13H,5-7H2,1-4H3;11H,5H2,1-4H3;;;. The number of ether oxygens (including phenoxy) is 3. The lowest BCUT2D eigenvalue weighted by molar-refractivity contribution is -0.193. The Kier molecular flexibility index (Phi) is 30.2. The number of hydrogen-bond donors (Lipinski definition) is 3. The normalized spacial score (nSPS) is 14.2. The van der Waals surface area contributed by atoms with Crippen LogP contribution in [0.25, 0.3) is 0 Å². The number of allylic oxidation sites excluding steroid dienone is 9. The highest BCUT2D eigenvalue weighted by atomic mass is 16.5. The molecule has 0 aromatic carbocycles. The van der Waals surface area contributed by atoms with E-state index in [0.29, 0.717) is 19.6 Å². The highest BCUT2D eigenvalue weighted by molar-refractivity contribution is 5.91. The number of carbonyl (C=O) groups excluding carboxylic acids is 9. The molecule has 300 valence electrons. The Labute approximate surface area is 318 Å². The maximum atomic E-state index is 11.9. The molecule has 3 heterocycles. The molecule has 0 saturated heterocycles. The van der Waals surface area contributed by atoms with E-state index in [2.05, 4.69) is 48.4 Å². The van der Waals surface area contributed by atoms with Crippen LogP contribution in [0.15, 0.2) is 67.6 Å². The number of carbonyl (C=O) groups is 3. The van der Waals surface area contributed by atoms with Crippen molar-refractivity contribution in [3.63, 3.8) is 0 Å². The van der Waals surface area contributed by atoms with Gasteiger partial charge in [0.15, 0.2) is 0 Å². The second-order valence-electron chi connectivity index (χ2n) is 11.4. The molecule has 0 spiro atoms. The largest absolute Gasteiger partial charge is 0.466 e. The molecule has 15 heteroatoms. The summed E-state index contributed by atoms with van der Waals surface area (Å²) in [6, 6.07) is 0. The Balaban J connectivity index is -0.000000652. The molecule has 3 aliphatic heterocycles. The van der Waals surface area contributed by atoms with Gasteiger partial charge in [-0.25, -0.2) is 14.4 Å². The van der Waals surface area contributed by atoms with Gasteiger partial charge in [0.25, 0.3) is 0 Å². The van der Waals surface area contributed by atoms with E-state index in [9.17, 15) is 14.4 Å². The summed E-state index contributed by atoms with van der Waals surface area (Å²) in [4.78, 5) is 83.6. The van der Waals surface area contributed by atoms with Crippen molar-refractivity contribution >= 4 is 36.4 Å². The summed E-state index contributed by atoms with van der Waals surface area (Å²) in [5, 5.41) is 9.78. The van der Waals surface area contributed by atoms with Gasteiger partial charge in [-0.1, -0.05) is 27.7 Å². The second kappa shape index (κ2) is 31.0. The number of hydrogen-bond acceptors (Lipinski definition) is 15. The van der Waals surface area contributed by atoms with Crippen molar-refractivity contribution < 1.29 is 57.4 Å². The molecule has 0 aromatic rings. The van der Waals surface area contributed by atoms with Gasteiger partial charge < -0.3 is 30.2 Å². The van der Waals surface area contributed by atoms with Crippen molar-refractivity contribution in [2.75, 3.05) is 20.3 Å².